The van der Waals surface area contributed by atoms with Crippen LogP contribution in [0.5, 0.6) is 11.6 Å². The highest BCUT2D eigenvalue weighted by Gasteiger charge is 2.22. The van der Waals surface area contributed by atoms with Crippen LogP contribution in [0, 0.1) is 5.82 Å². The van der Waals surface area contributed by atoms with Crippen molar-refractivity contribution in [3.8, 4) is 22.9 Å². The second kappa shape index (κ2) is 14.5. The SMILES string of the molecule is Cl.Cl.NC1CCC(Nc2nccc(-c3cccnc3Oc3cc(F)c(NS(=O)(=O)c4ccccc4Cl)cc3Cl)n2)CC1. The highest BCUT2D eigenvalue weighted by atomic mass is 35.5. The first-order valence-electron chi connectivity index (χ1n) is 12.4. The summed E-state index contributed by atoms with van der Waals surface area (Å²) >= 11 is 12.4. The molecule has 0 aliphatic heterocycles. The average molecular weight is 676 g/mol. The summed E-state index contributed by atoms with van der Waals surface area (Å²) in [6.07, 6.45) is 6.89. The van der Waals surface area contributed by atoms with Crippen molar-refractivity contribution in [3.63, 3.8) is 0 Å². The van der Waals surface area contributed by atoms with Crippen LogP contribution < -0.4 is 20.5 Å². The lowest BCUT2D eigenvalue weighted by atomic mass is 9.92. The standard InChI is InChI=1S/C27H25Cl2FN6O3S.2ClH/c28-19-5-1-2-6-25(19)40(37,38)36-23-14-20(29)24(15-21(23)30)39-26-18(4-3-12-32-26)22-11-13-33-27(35-22)34-17-9-7-16(31)8-10-17;;/h1-6,11-17,36H,7-10,31H2,(H,33,34,35);2*1H. The van der Waals surface area contributed by atoms with Crippen molar-refractivity contribution in [1.29, 1.82) is 0 Å². The number of hydrogen-bond donors (Lipinski definition) is 3. The van der Waals surface area contributed by atoms with E-state index in [1.165, 1.54) is 24.4 Å². The number of hydrogen-bond acceptors (Lipinski definition) is 8. The van der Waals surface area contributed by atoms with Gasteiger partial charge in [0.2, 0.25) is 11.8 Å². The molecule has 0 saturated heterocycles. The highest BCUT2D eigenvalue weighted by Crippen LogP contribution is 2.37. The number of anilines is 2. The number of rotatable bonds is 8. The number of ether oxygens (including phenoxy) is 1. The molecule has 1 fully saturated rings. The third kappa shape index (κ3) is 7.91. The molecule has 0 radical (unpaired) electrons. The van der Waals surface area contributed by atoms with E-state index in [1.807, 2.05) is 0 Å². The van der Waals surface area contributed by atoms with E-state index in [4.69, 9.17) is 33.7 Å². The Morgan fingerprint density at radius 2 is 1.67 bits per heavy atom. The lowest BCUT2D eigenvalue weighted by Gasteiger charge is -2.26. The van der Waals surface area contributed by atoms with Gasteiger partial charge in [-0.2, -0.15) is 0 Å². The van der Waals surface area contributed by atoms with E-state index < -0.39 is 15.8 Å². The summed E-state index contributed by atoms with van der Waals surface area (Å²) in [7, 11) is -4.18. The molecular formula is C27H27Cl4FN6O3S. The minimum Gasteiger partial charge on any atom is -0.437 e. The molecule has 42 heavy (non-hydrogen) atoms. The Bertz CT molecular complexity index is 1640. The summed E-state index contributed by atoms with van der Waals surface area (Å²) in [5.74, 6) is -0.382. The molecule has 0 spiro atoms. The van der Waals surface area contributed by atoms with Crippen molar-refractivity contribution in [3.05, 3.63) is 82.9 Å². The third-order valence-corrected chi connectivity index (χ3v) is 8.57. The summed E-state index contributed by atoms with van der Waals surface area (Å²) in [5, 5.41) is 3.31. The van der Waals surface area contributed by atoms with Crippen molar-refractivity contribution < 1.29 is 17.5 Å². The molecule has 224 valence electrons. The molecule has 4 N–H and O–H groups in total. The molecular weight excluding hydrogens is 649 g/mol. The molecule has 0 bridgehead atoms. The zero-order valence-corrected chi connectivity index (χ0v) is 25.8. The summed E-state index contributed by atoms with van der Waals surface area (Å²) in [6, 6.07) is 13.6. The van der Waals surface area contributed by atoms with E-state index in [-0.39, 0.29) is 69.2 Å². The number of aromatic nitrogens is 3. The molecule has 2 heterocycles. The van der Waals surface area contributed by atoms with Crippen LogP contribution in [-0.2, 0) is 10.0 Å². The van der Waals surface area contributed by atoms with Gasteiger partial charge < -0.3 is 15.8 Å². The highest BCUT2D eigenvalue weighted by molar-refractivity contribution is 7.92. The summed E-state index contributed by atoms with van der Waals surface area (Å²) < 4.78 is 48.6. The van der Waals surface area contributed by atoms with Gasteiger partial charge in [0, 0.05) is 30.5 Å². The minimum atomic E-state index is -4.18. The van der Waals surface area contributed by atoms with Crippen LogP contribution in [0.3, 0.4) is 0 Å². The monoisotopic (exact) mass is 674 g/mol. The molecule has 1 aliphatic rings. The molecule has 1 saturated carbocycles. The number of nitrogens with zero attached hydrogens (tertiary/aromatic N) is 3. The second-order valence-corrected chi connectivity index (χ2v) is 11.7. The molecule has 9 nitrogen and oxygen atoms in total. The Balaban J connectivity index is 0.00000242. The van der Waals surface area contributed by atoms with E-state index in [2.05, 4.69) is 25.0 Å². The Morgan fingerprint density at radius 3 is 2.40 bits per heavy atom. The molecule has 0 unspecified atom stereocenters. The van der Waals surface area contributed by atoms with Gasteiger partial charge in [-0.1, -0.05) is 35.3 Å². The molecule has 0 amide bonds. The molecule has 2 aromatic heterocycles. The van der Waals surface area contributed by atoms with Gasteiger partial charge in [-0.05, 0) is 62.1 Å². The van der Waals surface area contributed by atoms with E-state index in [9.17, 15) is 8.42 Å². The normalized spacial score (nSPS) is 16.5. The van der Waals surface area contributed by atoms with Crippen LogP contribution in [0.4, 0.5) is 16.0 Å². The average Bonchev–Trinajstić information content (AvgIpc) is 2.93. The Labute approximate surface area is 265 Å². The zero-order chi connectivity index (χ0) is 28.3. The fourth-order valence-corrected chi connectivity index (χ4v) is 6.12. The summed E-state index contributed by atoms with van der Waals surface area (Å²) in [5.41, 5.74) is 6.70. The maximum Gasteiger partial charge on any atom is 0.263 e. The smallest absolute Gasteiger partial charge is 0.263 e. The van der Waals surface area contributed by atoms with Crippen LogP contribution in [0.1, 0.15) is 25.7 Å². The van der Waals surface area contributed by atoms with Gasteiger partial charge in [0.05, 0.1) is 27.0 Å². The van der Waals surface area contributed by atoms with E-state index in [1.54, 1.807) is 30.5 Å². The Hall–Kier alpha value is -2.93. The molecule has 5 rings (SSSR count). The van der Waals surface area contributed by atoms with Crippen molar-refractivity contribution >= 4 is 69.7 Å². The first-order chi connectivity index (χ1) is 19.2. The largest absolute Gasteiger partial charge is 0.437 e. The van der Waals surface area contributed by atoms with Crippen molar-refractivity contribution in [1.82, 2.24) is 15.0 Å². The number of pyridine rings is 1. The van der Waals surface area contributed by atoms with Crippen LogP contribution in [0.15, 0.2) is 71.9 Å². The van der Waals surface area contributed by atoms with Gasteiger partial charge in [0.1, 0.15) is 4.90 Å². The van der Waals surface area contributed by atoms with Crippen molar-refractivity contribution in [2.24, 2.45) is 5.73 Å². The quantitative estimate of drug-likeness (QED) is 0.180. The molecule has 0 atom stereocenters. The maximum absolute atomic E-state index is 15.0. The fraction of sp³-hybridized carbons (Fsp3) is 0.222. The predicted molar refractivity (Wildman–Crippen MR) is 167 cm³/mol. The van der Waals surface area contributed by atoms with Gasteiger partial charge in [-0.3, -0.25) is 4.72 Å². The molecule has 15 heteroatoms. The minimum absolute atomic E-state index is 0. The number of nitrogens with two attached hydrogens (primary N) is 1. The van der Waals surface area contributed by atoms with Crippen LogP contribution >= 0.6 is 48.0 Å². The number of nitrogens with one attached hydrogen (secondary N) is 2. The van der Waals surface area contributed by atoms with Gasteiger partial charge in [-0.15, -0.1) is 24.8 Å². The van der Waals surface area contributed by atoms with Crippen molar-refractivity contribution in [2.45, 2.75) is 42.7 Å². The topological polar surface area (TPSA) is 132 Å². The van der Waals surface area contributed by atoms with E-state index in [0.717, 1.165) is 37.8 Å². The fourth-order valence-electron chi connectivity index (χ4n) is 4.34. The van der Waals surface area contributed by atoms with Gasteiger partial charge in [0.15, 0.2) is 11.6 Å². The Morgan fingerprint density at radius 1 is 0.929 bits per heavy atom. The number of sulfonamides is 1. The molecule has 4 aromatic rings. The summed E-state index contributed by atoms with van der Waals surface area (Å²) in [4.78, 5) is 13.0. The first kappa shape index (κ1) is 33.6. The van der Waals surface area contributed by atoms with Gasteiger partial charge in [-0.25, -0.2) is 27.8 Å². The number of halogens is 5. The van der Waals surface area contributed by atoms with E-state index in [0.29, 0.717) is 17.2 Å². The van der Waals surface area contributed by atoms with Crippen molar-refractivity contribution in [2.75, 3.05) is 10.0 Å². The van der Waals surface area contributed by atoms with Crippen LogP contribution in [0.2, 0.25) is 10.0 Å². The van der Waals surface area contributed by atoms with Crippen LogP contribution in [0.25, 0.3) is 11.3 Å². The Kier molecular flexibility index (Phi) is 11.6. The molecule has 2 aromatic carbocycles. The number of benzene rings is 2. The first-order valence-corrected chi connectivity index (χ1v) is 14.7. The third-order valence-electron chi connectivity index (χ3n) is 6.41. The lowest BCUT2D eigenvalue weighted by molar-refractivity contribution is 0.410. The summed E-state index contributed by atoms with van der Waals surface area (Å²) in [6.45, 7) is 0. The van der Waals surface area contributed by atoms with Crippen LogP contribution in [-0.4, -0.2) is 35.5 Å². The van der Waals surface area contributed by atoms with Gasteiger partial charge in [0.25, 0.3) is 10.0 Å². The van der Waals surface area contributed by atoms with Gasteiger partial charge >= 0.3 is 0 Å². The predicted octanol–water partition coefficient (Wildman–Crippen LogP) is 7.10. The lowest BCUT2D eigenvalue weighted by Crippen LogP contribution is -2.33. The maximum atomic E-state index is 15.0. The second-order valence-electron chi connectivity index (χ2n) is 9.28. The zero-order valence-electron chi connectivity index (χ0n) is 21.8. The molecule has 1 aliphatic carbocycles. The van der Waals surface area contributed by atoms with E-state index >= 15 is 4.39 Å².